The van der Waals surface area contributed by atoms with Gasteiger partial charge in [0.1, 0.15) is 12.4 Å². The van der Waals surface area contributed by atoms with E-state index in [1.165, 1.54) is 12.1 Å². The quantitative estimate of drug-likeness (QED) is 0.658. The highest BCUT2D eigenvalue weighted by Gasteiger charge is 2.24. The van der Waals surface area contributed by atoms with Crippen molar-refractivity contribution < 1.29 is 17.9 Å². The number of halogens is 1. The number of benzene rings is 1. The Hall–Kier alpha value is -0.860. The van der Waals surface area contributed by atoms with Crippen LogP contribution in [0.3, 0.4) is 0 Å². The summed E-state index contributed by atoms with van der Waals surface area (Å²) >= 11 is 0. The molecule has 0 bridgehead atoms. The van der Waals surface area contributed by atoms with Crippen LogP contribution in [0.5, 0.6) is 5.75 Å². The van der Waals surface area contributed by atoms with Gasteiger partial charge in [-0.25, -0.2) is 13.1 Å². The number of hydrogen-bond acceptors (Lipinski definition) is 5. The summed E-state index contributed by atoms with van der Waals surface area (Å²) < 4.78 is 37.5. The molecule has 128 valence electrons. The summed E-state index contributed by atoms with van der Waals surface area (Å²) in [6.07, 6.45) is 0. The van der Waals surface area contributed by atoms with Gasteiger partial charge in [0.25, 0.3) is 0 Å². The molecule has 0 saturated heterocycles. The third-order valence-corrected chi connectivity index (χ3v) is 4.47. The molecule has 0 aliphatic carbocycles. The Kier molecular flexibility index (Phi) is 8.95. The summed E-state index contributed by atoms with van der Waals surface area (Å²) in [6, 6.07) is 6.25. The minimum absolute atomic E-state index is 0. The summed E-state index contributed by atoms with van der Waals surface area (Å²) in [5, 5.41) is 0. The van der Waals surface area contributed by atoms with Crippen LogP contribution in [-0.2, 0) is 14.8 Å². The molecule has 8 heteroatoms. The Morgan fingerprint density at radius 2 is 1.77 bits per heavy atom. The van der Waals surface area contributed by atoms with Crippen LogP contribution in [0.2, 0.25) is 0 Å². The smallest absolute Gasteiger partial charge is 0.241 e. The fourth-order valence-electron chi connectivity index (χ4n) is 1.54. The van der Waals surface area contributed by atoms with Crippen molar-refractivity contribution in [2.75, 3.05) is 26.4 Å². The van der Waals surface area contributed by atoms with E-state index in [1.807, 2.05) is 6.92 Å². The van der Waals surface area contributed by atoms with E-state index in [0.717, 1.165) is 0 Å². The molecule has 0 fully saturated rings. The molecule has 1 aromatic rings. The largest absolute Gasteiger partial charge is 0.491 e. The molecule has 0 unspecified atom stereocenters. The number of hydrogen-bond donors (Lipinski definition) is 2. The van der Waals surface area contributed by atoms with E-state index in [1.54, 1.807) is 26.0 Å². The van der Waals surface area contributed by atoms with Crippen molar-refractivity contribution >= 4 is 22.4 Å². The molecule has 0 atom stereocenters. The molecule has 3 N–H and O–H groups in total. The van der Waals surface area contributed by atoms with Crippen molar-refractivity contribution in [1.82, 2.24) is 4.72 Å². The molecule has 0 spiro atoms. The molecule has 0 radical (unpaired) electrons. The van der Waals surface area contributed by atoms with Crippen LogP contribution >= 0.6 is 12.4 Å². The average Bonchev–Trinajstić information content (AvgIpc) is 2.43. The van der Waals surface area contributed by atoms with E-state index in [4.69, 9.17) is 15.2 Å². The van der Waals surface area contributed by atoms with Gasteiger partial charge in [-0.15, -0.1) is 12.4 Å². The zero-order valence-electron chi connectivity index (χ0n) is 13.2. The Balaban J connectivity index is 0.00000441. The van der Waals surface area contributed by atoms with Gasteiger partial charge in [-0.05, 0) is 45.0 Å². The van der Waals surface area contributed by atoms with Gasteiger partial charge in [0, 0.05) is 18.7 Å². The molecule has 1 aromatic carbocycles. The van der Waals surface area contributed by atoms with Crippen molar-refractivity contribution in [3.8, 4) is 5.75 Å². The lowest BCUT2D eigenvalue weighted by atomic mass is 10.1. The Bertz CT molecular complexity index is 532. The van der Waals surface area contributed by atoms with E-state index >= 15 is 0 Å². The maximum Gasteiger partial charge on any atom is 0.241 e. The van der Waals surface area contributed by atoms with Crippen LogP contribution in [0, 0.1) is 0 Å². The highest BCUT2D eigenvalue weighted by molar-refractivity contribution is 7.89. The first-order chi connectivity index (χ1) is 9.80. The predicted octanol–water partition coefficient (Wildman–Crippen LogP) is 1.54. The van der Waals surface area contributed by atoms with Crippen LogP contribution in [0.15, 0.2) is 29.2 Å². The van der Waals surface area contributed by atoms with Gasteiger partial charge in [0.2, 0.25) is 10.0 Å². The Labute approximate surface area is 138 Å². The predicted molar refractivity (Wildman–Crippen MR) is 89.1 cm³/mol. The SMILES string of the molecule is CCOCCOc1ccc(S(=O)(=O)NC(C)(C)CN)cc1.Cl. The van der Waals surface area contributed by atoms with Crippen LogP contribution in [0.25, 0.3) is 0 Å². The molecule has 1 rings (SSSR count). The van der Waals surface area contributed by atoms with Gasteiger partial charge in [-0.3, -0.25) is 0 Å². The van der Waals surface area contributed by atoms with E-state index in [0.29, 0.717) is 25.6 Å². The molecule has 0 saturated carbocycles. The normalized spacial score (nSPS) is 11.8. The zero-order valence-corrected chi connectivity index (χ0v) is 14.8. The number of nitrogens with one attached hydrogen (secondary N) is 1. The van der Waals surface area contributed by atoms with Crippen molar-refractivity contribution in [2.45, 2.75) is 31.2 Å². The highest BCUT2D eigenvalue weighted by Crippen LogP contribution is 2.17. The number of ether oxygens (including phenoxy) is 2. The minimum atomic E-state index is -3.59. The van der Waals surface area contributed by atoms with Gasteiger partial charge < -0.3 is 15.2 Å². The second-order valence-corrected chi connectivity index (χ2v) is 6.89. The molecule has 0 aliphatic heterocycles. The second-order valence-electron chi connectivity index (χ2n) is 5.21. The van der Waals surface area contributed by atoms with E-state index in [-0.39, 0.29) is 23.8 Å². The zero-order chi connectivity index (χ0) is 15.9. The van der Waals surface area contributed by atoms with Crippen molar-refractivity contribution in [3.63, 3.8) is 0 Å². The van der Waals surface area contributed by atoms with Crippen molar-refractivity contribution in [1.29, 1.82) is 0 Å². The first-order valence-corrected chi connectivity index (χ1v) is 8.34. The molecular weight excluding hydrogens is 328 g/mol. The lowest BCUT2D eigenvalue weighted by Gasteiger charge is -2.23. The lowest BCUT2D eigenvalue weighted by molar-refractivity contribution is 0.110. The Morgan fingerprint density at radius 3 is 2.27 bits per heavy atom. The first-order valence-electron chi connectivity index (χ1n) is 6.85. The summed E-state index contributed by atoms with van der Waals surface area (Å²) in [4.78, 5) is 0.182. The van der Waals surface area contributed by atoms with Crippen LogP contribution in [0.1, 0.15) is 20.8 Å². The third kappa shape index (κ3) is 6.93. The summed E-state index contributed by atoms with van der Waals surface area (Å²) in [7, 11) is -3.59. The van der Waals surface area contributed by atoms with Crippen LogP contribution in [-0.4, -0.2) is 40.3 Å². The van der Waals surface area contributed by atoms with Crippen molar-refractivity contribution in [2.24, 2.45) is 5.73 Å². The average molecular weight is 353 g/mol. The van der Waals surface area contributed by atoms with Gasteiger partial charge >= 0.3 is 0 Å². The summed E-state index contributed by atoms with van der Waals surface area (Å²) in [6.45, 7) is 7.16. The number of sulfonamides is 1. The van der Waals surface area contributed by atoms with Crippen LogP contribution < -0.4 is 15.2 Å². The molecule has 22 heavy (non-hydrogen) atoms. The topological polar surface area (TPSA) is 90.6 Å². The van der Waals surface area contributed by atoms with Gasteiger partial charge in [-0.2, -0.15) is 0 Å². The van der Waals surface area contributed by atoms with Gasteiger partial charge in [-0.1, -0.05) is 0 Å². The number of nitrogens with two attached hydrogens (primary N) is 1. The maximum atomic E-state index is 12.2. The molecule has 0 heterocycles. The fourth-order valence-corrected chi connectivity index (χ4v) is 2.97. The standard InChI is InChI=1S/C14H24N2O4S.ClH/c1-4-19-9-10-20-12-5-7-13(8-6-12)21(17,18)16-14(2,3)11-15;/h5-8,16H,4,9-11,15H2,1-3H3;1H. The first kappa shape index (κ1) is 21.1. The number of rotatable bonds is 9. The van der Waals surface area contributed by atoms with Crippen LogP contribution in [0.4, 0.5) is 0 Å². The van der Waals surface area contributed by atoms with E-state index < -0.39 is 15.6 Å². The molecule has 0 amide bonds. The van der Waals surface area contributed by atoms with Gasteiger partial charge in [0.05, 0.1) is 11.5 Å². The van der Waals surface area contributed by atoms with Gasteiger partial charge in [0.15, 0.2) is 0 Å². The molecule has 0 aromatic heterocycles. The molecule has 6 nitrogen and oxygen atoms in total. The third-order valence-electron chi connectivity index (χ3n) is 2.76. The lowest BCUT2D eigenvalue weighted by Crippen LogP contribution is -2.48. The van der Waals surface area contributed by atoms with E-state index in [2.05, 4.69) is 4.72 Å². The molecule has 0 aliphatic rings. The summed E-state index contributed by atoms with van der Waals surface area (Å²) in [5.41, 5.74) is 4.85. The van der Waals surface area contributed by atoms with Crippen molar-refractivity contribution in [3.05, 3.63) is 24.3 Å². The minimum Gasteiger partial charge on any atom is -0.491 e. The monoisotopic (exact) mass is 352 g/mol. The fraction of sp³-hybridized carbons (Fsp3) is 0.571. The summed E-state index contributed by atoms with van der Waals surface area (Å²) in [5.74, 6) is 0.603. The highest BCUT2D eigenvalue weighted by atomic mass is 35.5. The Morgan fingerprint density at radius 1 is 1.18 bits per heavy atom. The second kappa shape index (κ2) is 9.32. The van der Waals surface area contributed by atoms with E-state index in [9.17, 15) is 8.42 Å². The molecular formula is C14H25ClN2O4S. The maximum absolute atomic E-state index is 12.2.